The number of rotatable bonds is 9. The summed E-state index contributed by atoms with van der Waals surface area (Å²) in [6.45, 7) is 4.16. The van der Waals surface area contributed by atoms with E-state index in [0.717, 1.165) is 41.7 Å². The summed E-state index contributed by atoms with van der Waals surface area (Å²) in [6.07, 6.45) is 2.19. The third-order valence-corrected chi connectivity index (χ3v) is 6.48. The fraction of sp³-hybridized carbons (Fsp3) is 0.423. The smallest absolute Gasteiger partial charge is 0.276 e. The van der Waals surface area contributed by atoms with Crippen LogP contribution in [0.3, 0.4) is 0 Å². The van der Waals surface area contributed by atoms with Crippen LogP contribution >= 0.6 is 11.6 Å². The molecular formula is C26H31ClN4O4. The third kappa shape index (κ3) is 6.27. The van der Waals surface area contributed by atoms with Gasteiger partial charge in [-0.2, -0.15) is 5.10 Å². The van der Waals surface area contributed by atoms with Gasteiger partial charge >= 0.3 is 0 Å². The van der Waals surface area contributed by atoms with Gasteiger partial charge < -0.3 is 15.2 Å². The Morgan fingerprint density at radius 2 is 1.89 bits per heavy atom. The van der Waals surface area contributed by atoms with Crippen molar-refractivity contribution in [2.45, 2.75) is 32.4 Å². The Labute approximate surface area is 209 Å². The normalized spacial score (nSPS) is 14.4. The average molecular weight is 499 g/mol. The molecule has 186 valence electrons. The minimum atomic E-state index is -0.511. The highest BCUT2D eigenvalue weighted by Crippen LogP contribution is 2.22. The van der Waals surface area contributed by atoms with Crippen molar-refractivity contribution in [1.82, 2.24) is 20.0 Å². The molecule has 1 fully saturated rings. The zero-order valence-corrected chi connectivity index (χ0v) is 20.7. The molecule has 0 radical (unpaired) electrons. The number of carbonyl (C=O) groups excluding carboxylic acids is 1. The van der Waals surface area contributed by atoms with Gasteiger partial charge in [-0.05, 0) is 54.2 Å². The van der Waals surface area contributed by atoms with E-state index in [1.165, 1.54) is 0 Å². The lowest BCUT2D eigenvalue weighted by atomic mass is 9.99. The number of carbonyl (C=O) groups is 1. The molecule has 0 saturated carbocycles. The molecule has 1 aliphatic rings. The molecule has 0 bridgehead atoms. The number of fused-ring (bicyclic) bond motifs is 1. The molecule has 0 unspecified atom stereocenters. The van der Waals surface area contributed by atoms with Crippen molar-refractivity contribution in [3.05, 3.63) is 74.0 Å². The summed E-state index contributed by atoms with van der Waals surface area (Å²) in [6, 6.07) is 11.2. The van der Waals surface area contributed by atoms with Gasteiger partial charge in [0, 0.05) is 44.9 Å². The number of nitrogens with one attached hydrogen (secondary N) is 1. The molecule has 0 atom stereocenters. The molecule has 2 aromatic carbocycles. The highest BCUT2D eigenvalue weighted by atomic mass is 35.5. The topological polar surface area (TPSA) is 96.7 Å². The number of nitrogens with zero attached hydrogens (tertiary/aromatic N) is 3. The molecule has 3 aromatic rings. The van der Waals surface area contributed by atoms with Gasteiger partial charge in [0.25, 0.3) is 5.91 Å². The first-order valence-corrected chi connectivity index (χ1v) is 12.3. The number of benzene rings is 2. The second kappa shape index (κ2) is 11.8. The Bertz CT molecular complexity index is 1240. The summed E-state index contributed by atoms with van der Waals surface area (Å²) in [7, 11) is 1.76. The number of morpholine rings is 1. The maximum absolute atomic E-state index is 13.5. The van der Waals surface area contributed by atoms with Crippen LogP contribution in [-0.2, 0) is 31.3 Å². The van der Waals surface area contributed by atoms with Gasteiger partial charge in [0.15, 0.2) is 5.69 Å². The van der Waals surface area contributed by atoms with Crippen molar-refractivity contribution < 1.29 is 14.6 Å². The highest BCUT2D eigenvalue weighted by molar-refractivity contribution is 6.30. The standard InChI is InChI=1S/C26H31ClN4O4/c1-30-24-20(4-2-3-11-32)14-19(17-31-9-12-35-13-10-31)15-22(24)25(33)23(29-30)26(34)28-16-18-5-7-21(27)8-6-18/h5-8,14-15,32H,2-4,9-13,16-17H2,1H3,(H,28,34). The number of halogens is 1. The zero-order valence-electron chi connectivity index (χ0n) is 19.9. The number of aliphatic hydroxyl groups excluding tert-OH is 1. The number of hydrogen-bond donors (Lipinski definition) is 2. The second-order valence-electron chi connectivity index (χ2n) is 8.83. The van der Waals surface area contributed by atoms with Gasteiger partial charge in [0.1, 0.15) is 0 Å². The fourth-order valence-corrected chi connectivity index (χ4v) is 4.56. The highest BCUT2D eigenvalue weighted by Gasteiger charge is 2.20. The SMILES string of the molecule is Cn1nc(C(=O)NCc2ccc(Cl)cc2)c(=O)c2cc(CN3CCOCC3)cc(CCCCO)c21. The van der Waals surface area contributed by atoms with Gasteiger partial charge in [-0.15, -0.1) is 0 Å². The van der Waals surface area contributed by atoms with Crippen molar-refractivity contribution in [2.75, 3.05) is 32.9 Å². The predicted molar refractivity (Wildman–Crippen MR) is 136 cm³/mol. The Morgan fingerprint density at radius 1 is 1.14 bits per heavy atom. The van der Waals surface area contributed by atoms with Crippen molar-refractivity contribution in [3.63, 3.8) is 0 Å². The number of ether oxygens (including phenoxy) is 1. The summed E-state index contributed by atoms with van der Waals surface area (Å²) in [5.74, 6) is -0.511. The van der Waals surface area contributed by atoms with Gasteiger partial charge in [-0.1, -0.05) is 29.8 Å². The van der Waals surface area contributed by atoms with Crippen molar-refractivity contribution in [2.24, 2.45) is 7.05 Å². The van der Waals surface area contributed by atoms with Gasteiger partial charge in [0.05, 0.1) is 24.1 Å². The van der Waals surface area contributed by atoms with Gasteiger partial charge in [-0.3, -0.25) is 19.2 Å². The fourth-order valence-electron chi connectivity index (χ4n) is 4.43. The van der Waals surface area contributed by atoms with Crippen molar-refractivity contribution in [3.8, 4) is 0 Å². The van der Waals surface area contributed by atoms with E-state index in [9.17, 15) is 14.7 Å². The Hall–Kier alpha value is -2.78. The minimum absolute atomic E-state index is 0.126. The molecule has 0 spiro atoms. The molecule has 1 amide bonds. The molecule has 2 heterocycles. The summed E-state index contributed by atoms with van der Waals surface area (Å²) in [5.41, 5.74) is 3.12. The lowest BCUT2D eigenvalue weighted by Crippen LogP contribution is -2.35. The molecule has 35 heavy (non-hydrogen) atoms. The largest absolute Gasteiger partial charge is 0.396 e. The van der Waals surface area contributed by atoms with E-state index in [0.29, 0.717) is 43.0 Å². The molecule has 2 N–H and O–H groups in total. The summed E-state index contributed by atoms with van der Waals surface area (Å²) in [5, 5.41) is 17.5. The van der Waals surface area contributed by atoms with Crippen LogP contribution in [0.4, 0.5) is 0 Å². The summed E-state index contributed by atoms with van der Waals surface area (Å²) in [4.78, 5) is 28.7. The van der Waals surface area contributed by atoms with Crippen LogP contribution in [0.25, 0.3) is 10.9 Å². The first-order valence-electron chi connectivity index (χ1n) is 11.9. The molecule has 1 aliphatic heterocycles. The molecule has 1 aromatic heterocycles. The maximum Gasteiger partial charge on any atom is 0.276 e. The van der Waals surface area contributed by atoms with E-state index in [2.05, 4.69) is 21.4 Å². The Kier molecular flexibility index (Phi) is 8.51. The van der Waals surface area contributed by atoms with E-state index in [-0.39, 0.29) is 24.3 Å². The average Bonchev–Trinajstić information content (AvgIpc) is 2.86. The maximum atomic E-state index is 13.5. The van der Waals surface area contributed by atoms with Crippen LogP contribution in [0.1, 0.15) is 40.0 Å². The number of unbranched alkanes of at least 4 members (excludes halogenated alkanes) is 1. The van der Waals surface area contributed by atoms with E-state index < -0.39 is 5.91 Å². The summed E-state index contributed by atoms with van der Waals surface area (Å²) < 4.78 is 7.08. The van der Waals surface area contributed by atoms with Crippen LogP contribution in [0.5, 0.6) is 0 Å². The van der Waals surface area contributed by atoms with Crippen LogP contribution in [0.15, 0.2) is 41.2 Å². The lowest BCUT2D eigenvalue weighted by molar-refractivity contribution is 0.0342. The number of aromatic nitrogens is 2. The molecule has 8 nitrogen and oxygen atoms in total. The van der Waals surface area contributed by atoms with Crippen LogP contribution in [0, 0.1) is 0 Å². The first-order chi connectivity index (χ1) is 17.0. The molecule has 9 heteroatoms. The van der Waals surface area contributed by atoms with Gasteiger partial charge in [-0.25, -0.2) is 0 Å². The third-order valence-electron chi connectivity index (χ3n) is 6.23. The zero-order chi connectivity index (χ0) is 24.8. The summed E-state index contributed by atoms with van der Waals surface area (Å²) >= 11 is 5.93. The van der Waals surface area contributed by atoms with E-state index in [1.807, 2.05) is 18.2 Å². The number of aryl methyl sites for hydroxylation is 2. The van der Waals surface area contributed by atoms with E-state index in [1.54, 1.807) is 23.9 Å². The van der Waals surface area contributed by atoms with Gasteiger partial charge in [0.2, 0.25) is 5.43 Å². The minimum Gasteiger partial charge on any atom is -0.396 e. The Morgan fingerprint density at radius 3 is 2.60 bits per heavy atom. The molecular weight excluding hydrogens is 468 g/mol. The van der Waals surface area contributed by atoms with Crippen LogP contribution < -0.4 is 10.7 Å². The predicted octanol–water partition coefficient (Wildman–Crippen LogP) is 2.66. The monoisotopic (exact) mass is 498 g/mol. The van der Waals surface area contributed by atoms with Crippen molar-refractivity contribution >= 4 is 28.4 Å². The number of hydrogen-bond acceptors (Lipinski definition) is 6. The van der Waals surface area contributed by atoms with E-state index >= 15 is 0 Å². The number of aliphatic hydroxyl groups is 1. The van der Waals surface area contributed by atoms with Crippen molar-refractivity contribution in [1.29, 1.82) is 0 Å². The second-order valence-corrected chi connectivity index (χ2v) is 9.27. The van der Waals surface area contributed by atoms with Crippen LogP contribution in [0.2, 0.25) is 5.02 Å². The lowest BCUT2D eigenvalue weighted by Gasteiger charge is -2.27. The first kappa shape index (κ1) is 25.3. The molecule has 0 aliphatic carbocycles. The Balaban J connectivity index is 1.67. The molecule has 1 saturated heterocycles. The molecule has 4 rings (SSSR count). The number of amides is 1. The van der Waals surface area contributed by atoms with Crippen LogP contribution in [-0.4, -0.2) is 58.6 Å². The van der Waals surface area contributed by atoms with E-state index in [4.69, 9.17) is 16.3 Å². The quantitative estimate of drug-likeness (QED) is 0.440.